The molecule has 2 heterocycles. The summed E-state index contributed by atoms with van der Waals surface area (Å²) in [6.45, 7) is 1.23. The van der Waals surface area contributed by atoms with Gasteiger partial charge < -0.3 is 10.6 Å². The van der Waals surface area contributed by atoms with E-state index >= 15 is 0 Å². The fraction of sp³-hybridized carbons (Fsp3) is 0.308. The van der Waals surface area contributed by atoms with Gasteiger partial charge in [0.05, 0.1) is 10.0 Å². The van der Waals surface area contributed by atoms with Crippen molar-refractivity contribution in [3.8, 4) is 0 Å². The van der Waals surface area contributed by atoms with E-state index in [9.17, 15) is 4.79 Å². The highest BCUT2D eigenvalue weighted by Crippen LogP contribution is 2.41. The van der Waals surface area contributed by atoms with Crippen LogP contribution >= 0.6 is 46.1 Å². The van der Waals surface area contributed by atoms with Crippen LogP contribution < -0.4 is 5.73 Å². The van der Waals surface area contributed by atoms with E-state index in [1.807, 2.05) is 0 Å². The summed E-state index contributed by atoms with van der Waals surface area (Å²) < 4.78 is 0.819. The number of amides is 1. The fourth-order valence-corrected chi connectivity index (χ4v) is 4.71. The average Bonchev–Trinajstić information content (AvgIpc) is 2.93. The van der Waals surface area contributed by atoms with Crippen molar-refractivity contribution in [3.05, 3.63) is 32.1 Å². The number of likely N-dealkylation sites (tertiary alicyclic amines) is 1. The van der Waals surface area contributed by atoms with Crippen LogP contribution in [0.15, 0.2) is 12.1 Å². The van der Waals surface area contributed by atoms with Crippen LogP contribution in [-0.4, -0.2) is 29.9 Å². The third kappa shape index (κ3) is 2.40. The Morgan fingerprint density at radius 2 is 2.10 bits per heavy atom. The van der Waals surface area contributed by atoms with Gasteiger partial charge in [-0.2, -0.15) is 0 Å². The summed E-state index contributed by atoms with van der Waals surface area (Å²) in [7, 11) is 0. The lowest BCUT2D eigenvalue weighted by atomic mass is 10.2. The van der Waals surface area contributed by atoms with E-state index in [0.717, 1.165) is 11.1 Å². The van der Waals surface area contributed by atoms with E-state index in [1.165, 1.54) is 11.3 Å². The number of rotatable bonds is 1. The zero-order chi connectivity index (χ0) is 14.4. The van der Waals surface area contributed by atoms with Gasteiger partial charge in [-0.05, 0) is 18.6 Å². The zero-order valence-corrected chi connectivity index (χ0v) is 13.4. The number of hydrogen-bond donors (Lipinski definition) is 1. The van der Waals surface area contributed by atoms with E-state index in [2.05, 4.69) is 0 Å². The van der Waals surface area contributed by atoms with Gasteiger partial charge in [0.2, 0.25) is 0 Å². The van der Waals surface area contributed by atoms with Gasteiger partial charge in [0.1, 0.15) is 4.88 Å². The summed E-state index contributed by atoms with van der Waals surface area (Å²) in [5.41, 5.74) is 5.84. The minimum absolute atomic E-state index is 0.0464. The standard InChI is InChI=1S/C13H11Cl3N2OS/c14-6-3-8(15)10-9(4-6)20-12(11(10)16)13(19)18-2-1-7(17)5-18/h3-4,7H,1-2,5,17H2/t7-/m1/s1. The fourth-order valence-electron chi connectivity index (χ4n) is 2.36. The lowest BCUT2D eigenvalue weighted by Gasteiger charge is -2.14. The lowest BCUT2D eigenvalue weighted by Crippen LogP contribution is -2.31. The van der Waals surface area contributed by atoms with Gasteiger partial charge in [0.15, 0.2) is 0 Å². The molecule has 106 valence electrons. The molecule has 2 aromatic rings. The molecule has 1 amide bonds. The van der Waals surface area contributed by atoms with Crippen LogP contribution in [0.4, 0.5) is 0 Å². The smallest absolute Gasteiger partial charge is 0.265 e. The van der Waals surface area contributed by atoms with Gasteiger partial charge >= 0.3 is 0 Å². The molecule has 0 unspecified atom stereocenters. The number of carbonyl (C=O) groups excluding carboxylic acids is 1. The Kier molecular flexibility index (Phi) is 3.86. The number of halogens is 3. The van der Waals surface area contributed by atoms with Crippen LogP contribution in [0.1, 0.15) is 16.1 Å². The molecule has 7 heteroatoms. The number of fused-ring (bicyclic) bond motifs is 1. The molecule has 1 atom stereocenters. The molecule has 0 aliphatic carbocycles. The van der Waals surface area contributed by atoms with Gasteiger partial charge in [0.25, 0.3) is 5.91 Å². The maximum Gasteiger partial charge on any atom is 0.265 e. The molecule has 3 nitrogen and oxygen atoms in total. The number of carbonyl (C=O) groups is 1. The third-order valence-electron chi connectivity index (χ3n) is 3.36. The van der Waals surface area contributed by atoms with Crippen molar-refractivity contribution in [1.29, 1.82) is 0 Å². The van der Waals surface area contributed by atoms with E-state index in [1.54, 1.807) is 17.0 Å². The highest BCUT2D eigenvalue weighted by Gasteiger charge is 2.28. The Morgan fingerprint density at radius 1 is 1.35 bits per heavy atom. The molecule has 1 aromatic carbocycles. The Labute approximate surface area is 135 Å². The Balaban J connectivity index is 2.06. The SMILES string of the molecule is N[C@@H]1CCN(C(=O)c2sc3cc(Cl)cc(Cl)c3c2Cl)C1. The average molecular weight is 350 g/mol. The van der Waals surface area contributed by atoms with Crippen molar-refractivity contribution in [2.45, 2.75) is 12.5 Å². The second-order valence-electron chi connectivity index (χ2n) is 4.81. The highest BCUT2D eigenvalue weighted by molar-refractivity contribution is 7.21. The molecule has 0 saturated carbocycles. The minimum Gasteiger partial charge on any atom is -0.336 e. The summed E-state index contributed by atoms with van der Waals surface area (Å²) >= 11 is 19.8. The Bertz CT molecular complexity index is 700. The molecule has 3 rings (SSSR count). The summed E-state index contributed by atoms with van der Waals surface area (Å²) in [5.74, 6) is -0.0867. The first-order valence-corrected chi connectivity index (χ1v) is 8.04. The second kappa shape index (κ2) is 5.35. The zero-order valence-electron chi connectivity index (χ0n) is 10.3. The first-order valence-electron chi connectivity index (χ1n) is 6.09. The molecule has 1 saturated heterocycles. The quantitative estimate of drug-likeness (QED) is 0.844. The minimum atomic E-state index is -0.0867. The van der Waals surface area contributed by atoms with E-state index in [4.69, 9.17) is 40.5 Å². The summed E-state index contributed by atoms with van der Waals surface area (Å²) in [5, 5.41) is 2.08. The van der Waals surface area contributed by atoms with Crippen LogP contribution in [0.3, 0.4) is 0 Å². The van der Waals surface area contributed by atoms with E-state index in [0.29, 0.717) is 38.4 Å². The molecule has 1 aromatic heterocycles. The predicted octanol–water partition coefficient (Wildman–Crippen LogP) is 4.03. The van der Waals surface area contributed by atoms with Gasteiger partial charge in [-0.25, -0.2) is 0 Å². The van der Waals surface area contributed by atoms with E-state index < -0.39 is 0 Å². The second-order valence-corrected chi connectivity index (χ2v) is 7.08. The molecule has 0 radical (unpaired) electrons. The predicted molar refractivity (Wildman–Crippen MR) is 85.4 cm³/mol. The number of benzene rings is 1. The summed E-state index contributed by atoms with van der Waals surface area (Å²) in [6, 6.07) is 3.45. The number of nitrogens with two attached hydrogens (primary N) is 1. The van der Waals surface area contributed by atoms with Crippen LogP contribution in [0.5, 0.6) is 0 Å². The van der Waals surface area contributed by atoms with Crippen molar-refractivity contribution in [2.75, 3.05) is 13.1 Å². The van der Waals surface area contributed by atoms with Crippen molar-refractivity contribution in [3.63, 3.8) is 0 Å². The van der Waals surface area contributed by atoms with Crippen molar-refractivity contribution < 1.29 is 4.79 Å². The molecule has 2 N–H and O–H groups in total. The monoisotopic (exact) mass is 348 g/mol. The highest BCUT2D eigenvalue weighted by atomic mass is 35.5. The maximum atomic E-state index is 12.5. The molecule has 1 aliphatic heterocycles. The molecule has 20 heavy (non-hydrogen) atoms. The van der Waals surface area contributed by atoms with Crippen LogP contribution in [-0.2, 0) is 0 Å². The third-order valence-corrected chi connectivity index (χ3v) is 5.49. The number of hydrogen-bond acceptors (Lipinski definition) is 3. The van der Waals surface area contributed by atoms with Crippen molar-refractivity contribution in [2.24, 2.45) is 5.73 Å². The van der Waals surface area contributed by atoms with E-state index in [-0.39, 0.29) is 11.9 Å². The molecule has 1 aliphatic rings. The van der Waals surface area contributed by atoms with Gasteiger partial charge in [0, 0.05) is 34.2 Å². The topological polar surface area (TPSA) is 46.3 Å². The normalized spacial score (nSPS) is 19.0. The van der Waals surface area contributed by atoms with Gasteiger partial charge in [-0.1, -0.05) is 34.8 Å². The molecular weight excluding hydrogens is 339 g/mol. The Morgan fingerprint density at radius 3 is 2.75 bits per heavy atom. The van der Waals surface area contributed by atoms with Crippen LogP contribution in [0.25, 0.3) is 10.1 Å². The molecule has 0 bridgehead atoms. The number of thiophene rings is 1. The van der Waals surface area contributed by atoms with Crippen LogP contribution in [0, 0.1) is 0 Å². The van der Waals surface area contributed by atoms with Gasteiger partial charge in [-0.15, -0.1) is 11.3 Å². The Hall–Kier alpha value is -0.520. The lowest BCUT2D eigenvalue weighted by molar-refractivity contribution is 0.0796. The van der Waals surface area contributed by atoms with Crippen LogP contribution in [0.2, 0.25) is 15.1 Å². The molecular formula is C13H11Cl3N2OS. The largest absolute Gasteiger partial charge is 0.336 e. The molecule has 0 spiro atoms. The number of nitrogens with zero attached hydrogens (tertiary/aromatic N) is 1. The maximum absolute atomic E-state index is 12.5. The molecule has 1 fully saturated rings. The van der Waals surface area contributed by atoms with Crippen molar-refractivity contribution in [1.82, 2.24) is 4.90 Å². The summed E-state index contributed by atoms with van der Waals surface area (Å²) in [6.07, 6.45) is 0.820. The first kappa shape index (κ1) is 14.4. The first-order chi connectivity index (χ1) is 9.47. The van der Waals surface area contributed by atoms with Gasteiger partial charge in [-0.3, -0.25) is 4.79 Å². The van der Waals surface area contributed by atoms with Crippen molar-refractivity contribution >= 4 is 62.1 Å². The summed E-state index contributed by atoms with van der Waals surface area (Å²) in [4.78, 5) is 14.7.